The van der Waals surface area contributed by atoms with Crippen molar-refractivity contribution in [1.82, 2.24) is 0 Å². The highest BCUT2D eigenvalue weighted by Gasteiger charge is 2.12. The van der Waals surface area contributed by atoms with Gasteiger partial charge in [0.1, 0.15) is 4.34 Å². The van der Waals surface area contributed by atoms with Gasteiger partial charge in [0.15, 0.2) is 0 Å². The van der Waals surface area contributed by atoms with Crippen molar-refractivity contribution in [2.45, 2.75) is 32.6 Å². The molecule has 1 heterocycles. The van der Waals surface area contributed by atoms with Gasteiger partial charge in [-0.15, -0.1) is 11.3 Å². The van der Waals surface area contributed by atoms with E-state index in [1.807, 2.05) is 0 Å². The second-order valence-corrected chi connectivity index (χ2v) is 4.90. The molecule has 1 aromatic heterocycles. The summed E-state index contributed by atoms with van der Waals surface area (Å²) in [6.07, 6.45) is 4.39. The molecule has 1 rings (SSSR count). The number of aromatic carboxylic acids is 1. The van der Waals surface area contributed by atoms with Crippen molar-refractivity contribution in [3.63, 3.8) is 0 Å². The first kappa shape index (κ1) is 11.5. The Hall–Kier alpha value is -0.540. The van der Waals surface area contributed by atoms with Crippen molar-refractivity contribution in [1.29, 1.82) is 0 Å². The number of thiophene rings is 1. The lowest BCUT2D eigenvalue weighted by molar-refractivity contribution is 0.0697. The molecule has 1 N–H and O–H groups in total. The summed E-state index contributed by atoms with van der Waals surface area (Å²) >= 11 is 7.17. The molecule has 14 heavy (non-hydrogen) atoms. The molecular formula is C10H13ClO2S. The Morgan fingerprint density at radius 2 is 2.29 bits per heavy atom. The van der Waals surface area contributed by atoms with Crippen LogP contribution in [0.5, 0.6) is 0 Å². The quantitative estimate of drug-likeness (QED) is 0.784. The molecule has 4 heteroatoms. The van der Waals surface area contributed by atoms with E-state index in [1.54, 1.807) is 6.07 Å². The van der Waals surface area contributed by atoms with E-state index in [0.717, 1.165) is 17.7 Å². The van der Waals surface area contributed by atoms with Crippen LogP contribution in [0, 0.1) is 0 Å². The lowest BCUT2D eigenvalue weighted by Gasteiger charge is -1.93. The Labute approximate surface area is 92.5 Å². The van der Waals surface area contributed by atoms with Crippen molar-refractivity contribution in [3.8, 4) is 0 Å². The summed E-state index contributed by atoms with van der Waals surface area (Å²) in [5.74, 6) is -0.937. The van der Waals surface area contributed by atoms with Crippen LogP contribution in [0.2, 0.25) is 4.34 Å². The third-order valence-corrected chi connectivity index (χ3v) is 3.41. The van der Waals surface area contributed by atoms with Gasteiger partial charge in [-0.2, -0.15) is 0 Å². The molecule has 0 spiro atoms. The number of carbonyl (C=O) groups is 1. The normalized spacial score (nSPS) is 10.4. The Morgan fingerprint density at radius 1 is 1.57 bits per heavy atom. The number of hydrogen-bond acceptors (Lipinski definition) is 2. The second kappa shape index (κ2) is 5.37. The van der Waals surface area contributed by atoms with Crippen LogP contribution in [0.25, 0.3) is 0 Å². The van der Waals surface area contributed by atoms with Gasteiger partial charge in [0, 0.05) is 4.88 Å². The van der Waals surface area contributed by atoms with Crippen molar-refractivity contribution in [2.75, 3.05) is 0 Å². The third-order valence-electron chi connectivity index (χ3n) is 1.99. The number of halogens is 1. The number of carboxylic acid groups (broad SMARTS) is 1. The molecule has 0 aliphatic heterocycles. The molecule has 2 nitrogen and oxygen atoms in total. The summed E-state index contributed by atoms with van der Waals surface area (Å²) in [4.78, 5) is 11.8. The van der Waals surface area contributed by atoms with E-state index in [2.05, 4.69) is 6.92 Å². The van der Waals surface area contributed by atoms with E-state index in [1.165, 1.54) is 24.2 Å². The van der Waals surface area contributed by atoms with E-state index in [9.17, 15) is 4.79 Å². The van der Waals surface area contributed by atoms with Crippen molar-refractivity contribution >= 4 is 28.9 Å². The average Bonchev–Trinajstić information content (AvgIpc) is 2.47. The van der Waals surface area contributed by atoms with Crippen LogP contribution in [0.4, 0.5) is 0 Å². The highest BCUT2D eigenvalue weighted by atomic mass is 35.5. The molecule has 0 aliphatic rings. The van der Waals surface area contributed by atoms with Gasteiger partial charge in [-0.3, -0.25) is 0 Å². The topological polar surface area (TPSA) is 37.3 Å². The molecule has 0 unspecified atom stereocenters. The Kier molecular flexibility index (Phi) is 4.42. The number of carboxylic acids is 1. The Bertz CT molecular complexity index is 320. The van der Waals surface area contributed by atoms with Gasteiger partial charge >= 0.3 is 5.97 Å². The largest absolute Gasteiger partial charge is 0.478 e. The fourth-order valence-corrected chi connectivity index (χ4v) is 2.58. The van der Waals surface area contributed by atoms with Gasteiger partial charge < -0.3 is 5.11 Å². The molecule has 0 fully saturated rings. The molecule has 0 aliphatic carbocycles. The standard InChI is InChI=1S/C10H13ClO2S/c1-2-3-4-5-7-6-8(10(12)13)9(11)14-7/h6H,2-5H2,1H3,(H,12,13). The van der Waals surface area contributed by atoms with E-state index in [0.29, 0.717) is 4.34 Å². The van der Waals surface area contributed by atoms with E-state index < -0.39 is 5.97 Å². The summed E-state index contributed by atoms with van der Waals surface area (Å²) < 4.78 is 0.393. The zero-order chi connectivity index (χ0) is 10.6. The smallest absolute Gasteiger partial charge is 0.338 e. The Balaban J connectivity index is 2.62. The highest BCUT2D eigenvalue weighted by molar-refractivity contribution is 7.16. The van der Waals surface area contributed by atoms with Crippen LogP contribution in [-0.2, 0) is 6.42 Å². The number of aryl methyl sites for hydroxylation is 1. The van der Waals surface area contributed by atoms with Crippen molar-refractivity contribution in [3.05, 3.63) is 20.8 Å². The van der Waals surface area contributed by atoms with Gasteiger partial charge in [0.25, 0.3) is 0 Å². The summed E-state index contributed by atoms with van der Waals surface area (Å²) in [5, 5.41) is 8.77. The fraction of sp³-hybridized carbons (Fsp3) is 0.500. The lowest BCUT2D eigenvalue weighted by Crippen LogP contribution is -1.93. The maximum absolute atomic E-state index is 10.7. The first-order valence-electron chi connectivity index (χ1n) is 4.66. The van der Waals surface area contributed by atoms with Gasteiger partial charge in [-0.25, -0.2) is 4.79 Å². The van der Waals surface area contributed by atoms with Gasteiger partial charge in [0.05, 0.1) is 5.56 Å². The van der Waals surface area contributed by atoms with Crippen molar-refractivity contribution in [2.24, 2.45) is 0 Å². The van der Waals surface area contributed by atoms with Crippen LogP contribution in [0.1, 0.15) is 41.4 Å². The highest BCUT2D eigenvalue weighted by Crippen LogP contribution is 2.28. The van der Waals surface area contributed by atoms with E-state index >= 15 is 0 Å². The minimum atomic E-state index is -0.937. The number of unbranched alkanes of at least 4 members (excludes halogenated alkanes) is 2. The minimum Gasteiger partial charge on any atom is -0.478 e. The molecule has 0 atom stereocenters. The Morgan fingerprint density at radius 3 is 2.79 bits per heavy atom. The lowest BCUT2D eigenvalue weighted by atomic mass is 10.2. The molecule has 0 saturated carbocycles. The van der Waals surface area contributed by atoms with Crippen molar-refractivity contribution < 1.29 is 9.90 Å². The zero-order valence-electron chi connectivity index (χ0n) is 8.05. The van der Waals surface area contributed by atoms with E-state index in [-0.39, 0.29) is 5.56 Å². The van der Waals surface area contributed by atoms with Crippen LogP contribution >= 0.6 is 22.9 Å². The molecule has 78 valence electrons. The molecule has 0 aromatic carbocycles. The van der Waals surface area contributed by atoms with Gasteiger partial charge in [-0.1, -0.05) is 31.4 Å². The molecule has 0 saturated heterocycles. The average molecular weight is 233 g/mol. The summed E-state index contributed by atoms with van der Waals surface area (Å²) in [6.45, 7) is 2.14. The fourth-order valence-electron chi connectivity index (χ4n) is 1.24. The minimum absolute atomic E-state index is 0.239. The number of rotatable bonds is 5. The van der Waals surface area contributed by atoms with E-state index in [4.69, 9.17) is 16.7 Å². The SMILES string of the molecule is CCCCCc1cc(C(=O)O)c(Cl)s1. The van der Waals surface area contributed by atoms with Gasteiger partial charge in [-0.05, 0) is 18.9 Å². The maximum Gasteiger partial charge on any atom is 0.338 e. The summed E-state index contributed by atoms with van der Waals surface area (Å²) in [6, 6.07) is 1.69. The third kappa shape index (κ3) is 3.00. The summed E-state index contributed by atoms with van der Waals surface area (Å²) in [7, 11) is 0. The van der Waals surface area contributed by atoms with Crippen LogP contribution in [0.15, 0.2) is 6.07 Å². The predicted octanol–water partition coefficient (Wildman–Crippen LogP) is 3.83. The van der Waals surface area contributed by atoms with Crippen LogP contribution < -0.4 is 0 Å². The van der Waals surface area contributed by atoms with Crippen LogP contribution in [-0.4, -0.2) is 11.1 Å². The first-order valence-corrected chi connectivity index (χ1v) is 5.86. The molecule has 0 bridgehead atoms. The van der Waals surface area contributed by atoms with Gasteiger partial charge in [0.2, 0.25) is 0 Å². The first-order chi connectivity index (χ1) is 6.65. The molecule has 1 aromatic rings. The maximum atomic E-state index is 10.7. The predicted molar refractivity (Wildman–Crippen MR) is 59.5 cm³/mol. The second-order valence-electron chi connectivity index (χ2n) is 3.16. The molecular weight excluding hydrogens is 220 g/mol. The zero-order valence-corrected chi connectivity index (χ0v) is 9.62. The monoisotopic (exact) mass is 232 g/mol. The molecule has 0 amide bonds. The molecule has 0 radical (unpaired) electrons. The number of hydrogen-bond donors (Lipinski definition) is 1. The summed E-state index contributed by atoms with van der Waals surface area (Å²) in [5.41, 5.74) is 0.239. The van der Waals surface area contributed by atoms with Crippen LogP contribution in [0.3, 0.4) is 0 Å².